The molecule has 0 amide bonds. The second-order valence-electron chi connectivity index (χ2n) is 15.7. The molecule has 0 saturated heterocycles. The molecular weight excluding hydrogens is 938 g/mol. The first-order valence-corrected chi connectivity index (χ1v) is 21.8. The number of halogens is 1. The Kier molecular flexibility index (Phi) is 18.9. The molecule has 2 aliphatic heterocycles. The first-order chi connectivity index (χ1) is 33.7. The number of aromatic nitrogens is 1. The number of benzene rings is 2. The summed E-state index contributed by atoms with van der Waals surface area (Å²) in [5.41, 5.74) is 5.71. The maximum atomic E-state index is 16.5. The van der Waals surface area contributed by atoms with E-state index in [1.54, 1.807) is 59.2 Å². The quantitative estimate of drug-likeness (QED) is 0.0410. The molecule has 0 atom stereocenters. The van der Waals surface area contributed by atoms with Gasteiger partial charge in [-0.15, -0.1) is 0 Å². The third-order valence-corrected chi connectivity index (χ3v) is 10.3. The third kappa shape index (κ3) is 14.7. The summed E-state index contributed by atoms with van der Waals surface area (Å²) >= 11 is 0. The summed E-state index contributed by atoms with van der Waals surface area (Å²) < 4.78 is 71.4. The van der Waals surface area contributed by atoms with Crippen molar-refractivity contribution in [3.63, 3.8) is 0 Å². The van der Waals surface area contributed by atoms with Crippen LogP contribution in [-0.4, -0.2) is 136 Å². The third-order valence-electron chi connectivity index (χ3n) is 10.3. The van der Waals surface area contributed by atoms with E-state index in [-0.39, 0.29) is 36.1 Å². The van der Waals surface area contributed by atoms with E-state index in [9.17, 15) is 38.4 Å². The number of hydrogen-bond donors (Lipinski definition) is 0. The lowest BCUT2D eigenvalue weighted by atomic mass is 9.87. The van der Waals surface area contributed by atoms with Gasteiger partial charge in [0.15, 0.2) is 11.4 Å². The van der Waals surface area contributed by atoms with Gasteiger partial charge in [0.2, 0.25) is 27.2 Å². The van der Waals surface area contributed by atoms with Gasteiger partial charge in [0.25, 0.3) is 0 Å². The second-order valence-corrected chi connectivity index (χ2v) is 15.7. The maximum absolute atomic E-state index is 16.5. The number of ether oxygens (including phenoxy) is 10. The van der Waals surface area contributed by atoms with E-state index in [1.165, 1.54) is 15.9 Å². The molecule has 0 saturated carbocycles. The molecule has 0 spiro atoms. The molecule has 1 aromatic heterocycles. The Bertz CT molecular complexity index is 2590. The van der Waals surface area contributed by atoms with Gasteiger partial charge in [0.1, 0.15) is 50.9 Å². The maximum Gasteiger partial charge on any atom is 0.846 e. The normalized spacial score (nSPS) is 12.4. The fourth-order valence-electron chi connectivity index (χ4n) is 7.48. The first-order valence-electron chi connectivity index (χ1n) is 21.8. The summed E-state index contributed by atoms with van der Waals surface area (Å²) in [6, 6.07) is 13.1. The number of carbonyl (C=O) groups excluding carboxylic acids is 8. The zero-order chi connectivity index (χ0) is 51.9. The number of hydrogen-bond acceptors (Lipinski definition) is 20. The molecule has 3 heterocycles. The zero-order valence-electron chi connectivity index (χ0n) is 40.4. The minimum atomic E-state index is -1.55. The molecule has 5 rings (SSSR count). The summed E-state index contributed by atoms with van der Waals surface area (Å²) in [5.74, 6) is -6.22. The van der Waals surface area contributed by atoms with Crippen molar-refractivity contribution < 1.29 is 94.5 Å². The van der Waals surface area contributed by atoms with Crippen LogP contribution < -0.4 is 19.3 Å². The Morgan fingerprint density at radius 1 is 0.577 bits per heavy atom. The lowest BCUT2D eigenvalue weighted by Gasteiger charge is -2.27. The Hall–Kier alpha value is -8.18. The molecule has 0 fully saturated rings. The molecule has 0 aliphatic carbocycles. The van der Waals surface area contributed by atoms with Crippen molar-refractivity contribution in [2.24, 2.45) is 0 Å². The highest BCUT2D eigenvalue weighted by atomic mass is 19.1. The van der Waals surface area contributed by atoms with Gasteiger partial charge in [-0.05, 0) is 62.2 Å². The number of anilines is 2. The molecule has 2 aromatic carbocycles. The van der Waals surface area contributed by atoms with Crippen molar-refractivity contribution in [2.75, 3.05) is 76.4 Å². The summed E-state index contributed by atoms with van der Waals surface area (Å²) in [5, 5.41) is 0. The summed E-state index contributed by atoms with van der Waals surface area (Å²) in [7, 11) is -1.55. The van der Waals surface area contributed by atoms with E-state index in [2.05, 4.69) is 0 Å². The average molecular weight is 992 g/mol. The van der Waals surface area contributed by atoms with Crippen LogP contribution >= 0.6 is 0 Å². The number of esters is 8. The lowest BCUT2D eigenvalue weighted by molar-refractivity contribution is -0.336. The molecule has 24 heteroatoms. The Morgan fingerprint density at radius 2 is 1.01 bits per heavy atom. The largest absolute Gasteiger partial charge is 0.846 e. The van der Waals surface area contributed by atoms with E-state index in [0.29, 0.717) is 33.9 Å². The van der Waals surface area contributed by atoms with Crippen LogP contribution in [0.5, 0.6) is 11.5 Å². The first kappa shape index (κ1) is 53.8. The van der Waals surface area contributed by atoms with Crippen molar-refractivity contribution in [1.82, 2.24) is 4.48 Å². The Morgan fingerprint density at radius 3 is 1.48 bits per heavy atom. The van der Waals surface area contributed by atoms with Crippen LogP contribution in [0.25, 0.3) is 5.57 Å². The van der Waals surface area contributed by atoms with Crippen LogP contribution in [0.2, 0.25) is 0 Å². The summed E-state index contributed by atoms with van der Waals surface area (Å²) in [6.07, 6.45) is 1.88. The minimum absolute atomic E-state index is 0.0856. The van der Waals surface area contributed by atoms with Crippen LogP contribution in [0.1, 0.15) is 64.1 Å². The van der Waals surface area contributed by atoms with Crippen LogP contribution in [0.3, 0.4) is 0 Å². The molecule has 3 aromatic rings. The van der Waals surface area contributed by atoms with Crippen LogP contribution in [0.15, 0.2) is 65.9 Å². The van der Waals surface area contributed by atoms with Gasteiger partial charge in [0.05, 0.1) is 22.6 Å². The number of carbonyl (C=O) groups is 8. The Balaban J connectivity index is 1.52. The highest BCUT2D eigenvalue weighted by Crippen LogP contribution is 2.43. The van der Waals surface area contributed by atoms with E-state index in [4.69, 9.17) is 47.4 Å². The predicted molar refractivity (Wildman–Crippen MR) is 246 cm³/mol. The molecule has 0 radical (unpaired) electrons. The molecule has 0 bridgehead atoms. The van der Waals surface area contributed by atoms with Crippen molar-refractivity contribution in [3.05, 3.63) is 88.4 Å². The molecule has 378 valence electrons. The van der Waals surface area contributed by atoms with E-state index >= 15 is 4.32 Å². The number of para-hydroxylation sites is 2. The van der Waals surface area contributed by atoms with Gasteiger partial charge in [-0.25, -0.2) is 8.80 Å². The monoisotopic (exact) mass is 991 g/mol. The van der Waals surface area contributed by atoms with Gasteiger partial charge < -0.3 is 57.2 Å². The van der Waals surface area contributed by atoms with Gasteiger partial charge in [0, 0.05) is 52.0 Å². The average Bonchev–Trinajstić information content (AvgIpc) is 3.76. The van der Waals surface area contributed by atoms with Crippen molar-refractivity contribution >= 4 is 77.7 Å². The number of allylic oxidation sites excluding steroid dienone is 2. The zero-order valence-corrected chi connectivity index (χ0v) is 40.4. The number of nitrogens with zero attached hydrogens (tertiary/aromatic N) is 4. The Labute approximate surface area is 407 Å². The number of rotatable bonds is 24. The van der Waals surface area contributed by atoms with Gasteiger partial charge in [-0.1, -0.05) is 18.2 Å². The smallest absolute Gasteiger partial charge is 0.488 e. The van der Waals surface area contributed by atoms with Gasteiger partial charge >= 0.3 is 55.0 Å². The van der Waals surface area contributed by atoms with Gasteiger partial charge in [-0.3, -0.25) is 42.8 Å². The van der Waals surface area contributed by atoms with E-state index in [1.807, 2.05) is 26.0 Å². The number of aryl methyl sites for hydroxylation is 2. The molecular formula is C47H53BFN4O18+. The molecule has 0 N–H and O–H groups in total. The van der Waals surface area contributed by atoms with Crippen LogP contribution in [0, 0.1) is 13.8 Å². The fourth-order valence-corrected chi connectivity index (χ4v) is 7.48. The summed E-state index contributed by atoms with van der Waals surface area (Å²) in [4.78, 5) is 100. The van der Waals surface area contributed by atoms with E-state index in [0.717, 1.165) is 38.8 Å². The van der Waals surface area contributed by atoms with Crippen molar-refractivity contribution in [3.8, 4) is 11.5 Å². The minimum Gasteiger partial charge on any atom is -0.488 e. The number of fused-ring (bicyclic) bond motifs is 2. The topological polar surface area (TPSA) is 243 Å². The lowest BCUT2D eigenvalue weighted by Crippen LogP contribution is -2.41. The van der Waals surface area contributed by atoms with Crippen LogP contribution in [-0.2, 0) is 76.3 Å². The molecule has 71 heavy (non-hydrogen) atoms. The highest BCUT2D eigenvalue weighted by molar-refractivity contribution is 6.43. The van der Waals surface area contributed by atoms with Gasteiger partial charge in [-0.2, -0.15) is 0 Å². The predicted octanol–water partition coefficient (Wildman–Crippen LogP) is 3.44. The van der Waals surface area contributed by atoms with Crippen molar-refractivity contribution in [1.29, 1.82) is 0 Å². The molecule has 0 unspecified atom stereocenters. The molecule has 2 aliphatic rings. The standard InChI is InChI=1S/C47H53BFN4O18/c1-28-17-30(3)52-46(28)45(47-29(2)18-31(4)53(47)48(52)49)36-13-14-38(51(22-43(60)70-26-66-34(7)56)23-44(61)71-27-67-35(8)57)40(19-36)63-16-15-62-39-12-10-9-11-37(39)50(20-41(58)68-24-64-32(5)54)21-42(59)69-25-65-33(6)55/h9-14,17-19H,15-16,20-27H2,1-8H3/q+1. The summed E-state index contributed by atoms with van der Waals surface area (Å²) in [6.45, 7) is 6.25. The SMILES string of the molecule is CC(=O)OCOC(=O)CN(CC(=O)OCOC(C)=O)c1ccccc1OCCOc1cc(C2=C3C(C)=CC(C)=[N+]3B(F)n3c(C)cc(C)c32)ccc1N(CC(=O)OCOC(C)=O)CC(=O)OCOC(C)=O. The van der Waals surface area contributed by atoms with Crippen molar-refractivity contribution in [2.45, 2.75) is 55.4 Å². The molecule has 22 nitrogen and oxygen atoms in total. The highest BCUT2D eigenvalue weighted by Gasteiger charge is 2.51. The van der Waals surface area contributed by atoms with E-state index < -0.39 is 108 Å². The fraction of sp³-hybridized carbons (Fsp3) is 0.383. The van der Waals surface area contributed by atoms with Crippen LogP contribution in [0.4, 0.5) is 15.7 Å². The second kappa shape index (κ2) is 24.9.